The van der Waals surface area contributed by atoms with Crippen LogP contribution in [0.4, 0.5) is 5.95 Å². The quantitative estimate of drug-likeness (QED) is 0.770. The Hall–Kier alpha value is -1.16. The molecule has 0 radical (unpaired) electrons. The predicted octanol–water partition coefficient (Wildman–Crippen LogP) is 1.38. The van der Waals surface area contributed by atoms with E-state index in [1.165, 1.54) is 0 Å². The number of hydrogen-bond donors (Lipinski definition) is 1. The van der Waals surface area contributed by atoms with Crippen molar-refractivity contribution in [2.45, 2.75) is 25.8 Å². The van der Waals surface area contributed by atoms with E-state index in [1.54, 1.807) is 6.20 Å². The number of hydrogen-bond acceptors (Lipinski definition) is 4. The van der Waals surface area contributed by atoms with Gasteiger partial charge in [0.15, 0.2) is 0 Å². The highest BCUT2D eigenvalue weighted by atomic mass is 16.5. The molecule has 2 heterocycles. The summed E-state index contributed by atoms with van der Waals surface area (Å²) in [6.45, 7) is 3.61. The van der Waals surface area contributed by atoms with Crippen molar-refractivity contribution >= 4 is 5.95 Å². The third-order valence-electron chi connectivity index (χ3n) is 2.29. The molecule has 0 bridgehead atoms. The van der Waals surface area contributed by atoms with Crippen LogP contribution in [0.3, 0.4) is 0 Å². The molecule has 0 amide bonds. The molecule has 4 nitrogen and oxygen atoms in total. The van der Waals surface area contributed by atoms with Gasteiger partial charge in [-0.2, -0.15) is 0 Å². The highest BCUT2D eigenvalue weighted by molar-refractivity contribution is 5.26. The molecule has 0 unspecified atom stereocenters. The van der Waals surface area contributed by atoms with Crippen molar-refractivity contribution in [3.05, 3.63) is 18.0 Å². The van der Waals surface area contributed by atoms with Gasteiger partial charge in [0.1, 0.15) is 0 Å². The van der Waals surface area contributed by atoms with E-state index in [0.717, 1.165) is 31.7 Å². The third kappa shape index (κ3) is 2.42. The van der Waals surface area contributed by atoms with Crippen molar-refractivity contribution in [3.63, 3.8) is 0 Å². The summed E-state index contributed by atoms with van der Waals surface area (Å²) in [5.41, 5.74) is 0.985. The summed E-state index contributed by atoms with van der Waals surface area (Å²) in [7, 11) is 0. The fraction of sp³-hybridized carbons (Fsp3) is 0.600. The average molecular weight is 193 g/mol. The first-order valence-electron chi connectivity index (χ1n) is 4.98. The van der Waals surface area contributed by atoms with Crippen LogP contribution in [0, 0.1) is 6.92 Å². The molecule has 1 atom stereocenters. The molecule has 2 rings (SSSR count). The average Bonchev–Trinajstić information content (AvgIpc) is 2.19. The number of anilines is 1. The Morgan fingerprint density at radius 2 is 2.50 bits per heavy atom. The lowest BCUT2D eigenvalue weighted by molar-refractivity contribution is 0.0874. The van der Waals surface area contributed by atoms with Crippen molar-refractivity contribution < 1.29 is 4.74 Å². The molecule has 0 aromatic carbocycles. The van der Waals surface area contributed by atoms with Crippen LogP contribution >= 0.6 is 0 Å². The fourth-order valence-electron chi connectivity index (χ4n) is 1.56. The van der Waals surface area contributed by atoms with E-state index < -0.39 is 0 Å². The lowest BCUT2D eigenvalue weighted by Gasteiger charge is -2.22. The Morgan fingerprint density at radius 1 is 1.57 bits per heavy atom. The molecular weight excluding hydrogens is 178 g/mol. The zero-order chi connectivity index (χ0) is 9.80. The summed E-state index contributed by atoms with van der Waals surface area (Å²) in [6.07, 6.45) is 4.02. The van der Waals surface area contributed by atoms with E-state index in [1.807, 2.05) is 13.0 Å². The van der Waals surface area contributed by atoms with Crippen molar-refractivity contribution in [1.82, 2.24) is 9.97 Å². The Bertz CT molecular complexity index is 297. The molecule has 1 aliphatic heterocycles. The van der Waals surface area contributed by atoms with Gasteiger partial charge in [-0.05, 0) is 25.8 Å². The number of rotatable bonds is 2. The van der Waals surface area contributed by atoms with Crippen molar-refractivity contribution in [2.75, 3.05) is 18.5 Å². The SMILES string of the molecule is Cc1ccnc(N[C@@H]2CCCOC2)n1. The molecule has 1 aromatic heterocycles. The summed E-state index contributed by atoms with van der Waals surface area (Å²) < 4.78 is 5.37. The van der Waals surface area contributed by atoms with Gasteiger partial charge in [-0.25, -0.2) is 9.97 Å². The first-order chi connectivity index (χ1) is 6.84. The first-order valence-corrected chi connectivity index (χ1v) is 4.98. The predicted molar refractivity (Wildman–Crippen MR) is 54.2 cm³/mol. The topological polar surface area (TPSA) is 47.0 Å². The van der Waals surface area contributed by atoms with Gasteiger partial charge in [-0.15, -0.1) is 0 Å². The normalized spacial score (nSPS) is 21.9. The van der Waals surface area contributed by atoms with E-state index in [-0.39, 0.29) is 0 Å². The van der Waals surface area contributed by atoms with Gasteiger partial charge >= 0.3 is 0 Å². The maximum atomic E-state index is 5.37. The van der Waals surface area contributed by atoms with Crippen LogP contribution in [0.2, 0.25) is 0 Å². The smallest absolute Gasteiger partial charge is 0.223 e. The third-order valence-corrected chi connectivity index (χ3v) is 2.29. The minimum atomic E-state index is 0.366. The van der Waals surface area contributed by atoms with Gasteiger partial charge in [0.05, 0.1) is 12.6 Å². The Morgan fingerprint density at radius 3 is 3.21 bits per heavy atom. The molecule has 14 heavy (non-hydrogen) atoms. The van der Waals surface area contributed by atoms with Gasteiger partial charge in [0.25, 0.3) is 0 Å². The van der Waals surface area contributed by atoms with Crippen LogP contribution in [-0.2, 0) is 4.74 Å². The maximum absolute atomic E-state index is 5.37. The lowest BCUT2D eigenvalue weighted by atomic mass is 10.1. The van der Waals surface area contributed by atoms with Gasteiger partial charge in [-0.3, -0.25) is 0 Å². The second kappa shape index (κ2) is 4.37. The van der Waals surface area contributed by atoms with E-state index >= 15 is 0 Å². The molecule has 0 saturated carbocycles. The summed E-state index contributed by atoms with van der Waals surface area (Å²) in [5, 5.41) is 3.27. The van der Waals surface area contributed by atoms with E-state index in [4.69, 9.17) is 4.74 Å². The molecule has 76 valence electrons. The van der Waals surface area contributed by atoms with Crippen LogP contribution in [0.25, 0.3) is 0 Å². The number of ether oxygens (including phenoxy) is 1. The zero-order valence-electron chi connectivity index (χ0n) is 8.36. The van der Waals surface area contributed by atoms with Crippen LogP contribution < -0.4 is 5.32 Å². The van der Waals surface area contributed by atoms with Gasteiger partial charge < -0.3 is 10.1 Å². The van der Waals surface area contributed by atoms with Crippen molar-refractivity contribution in [3.8, 4) is 0 Å². The van der Waals surface area contributed by atoms with Crippen LogP contribution in [0.15, 0.2) is 12.3 Å². The second-order valence-corrected chi connectivity index (χ2v) is 3.58. The largest absolute Gasteiger partial charge is 0.379 e. The second-order valence-electron chi connectivity index (χ2n) is 3.58. The first kappa shape index (κ1) is 9.40. The number of aromatic nitrogens is 2. The summed E-state index contributed by atoms with van der Waals surface area (Å²) in [6, 6.07) is 2.26. The molecule has 0 aliphatic carbocycles. The zero-order valence-corrected chi connectivity index (χ0v) is 8.36. The highest BCUT2D eigenvalue weighted by Crippen LogP contribution is 2.10. The molecule has 1 saturated heterocycles. The number of aryl methyl sites for hydroxylation is 1. The highest BCUT2D eigenvalue weighted by Gasteiger charge is 2.14. The van der Waals surface area contributed by atoms with Crippen molar-refractivity contribution in [1.29, 1.82) is 0 Å². The summed E-state index contributed by atoms with van der Waals surface area (Å²) in [4.78, 5) is 8.45. The Kier molecular flexibility index (Phi) is 2.93. The number of nitrogens with one attached hydrogen (secondary N) is 1. The molecule has 1 aliphatic rings. The Labute approximate surface area is 83.7 Å². The molecule has 1 aromatic rings. The molecule has 4 heteroatoms. The lowest BCUT2D eigenvalue weighted by Crippen LogP contribution is -2.30. The molecule has 1 N–H and O–H groups in total. The van der Waals surface area contributed by atoms with E-state index in [0.29, 0.717) is 12.0 Å². The van der Waals surface area contributed by atoms with Gasteiger partial charge in [0, 0.05) is 18.5 Å². The van der Waals surface area contributed by atoms with E-state index in [9.17, 15) is 0 Å². The summed E-state index contributed by atoms with van der Waals surface area (Å²) >= 11 is 0. The maximum Gasteiger partial charge on any atom is 0.223 e. The van der Waals surface area contributed by atoms with Crippen LogP contribution in [-0.4, -0.2) is 29.2 Å². The van der Waals surface area contributed by atoms with Crippen molar-refractivity contribution in [2.24, 2.45) is 0 Å². The number of nitrogens with zero attached hydrogens (tertiary/aromatic N) is 2. The van der Waals surface area contributed by atoms with Gasteiger partial charge in [0.2, 0.25) is 5.95 Å². The molecule has 1 fully saturated rings. The standard InChI is InChI=1S/C10H15N3O/c1-8-4-5-11-10(12-8)13-9-3-2-6-14-7-9/h4-5,9H,2-3,6-7H2,1H3,(H,11,12,13)/t9-/m1/s1. The minimum absolute atomic E-state index is 0.366. The van der Waals surface area contributed by atoms with Gasteiger partial charge in [-0.1, -0.05) is 0 Å². The van der Waals surface area contributed by atoms with Crippen LogP contribution in [0.5, 0.6) is 0 Å². The monoisotopic (exact) mass is 193 g/mol. The molecule has 0 spiro atoms. The fourth-order valence-corrected chi connectivity index (χ4v) is 1.56. The molecular formula is C10H15N3O. The van der Waals surface area contributed by atoms with Crippen LogP contribution in [0.1, 0.15) is 18.5 Å². The minimum Gasteiger partial charge on any atom is -0.379 e. The van der Waals surface area contributed by atoms with E-state index in [2.05, 4.69) is 15.3 Å². The Balaban J connectivity index is 1.95. The summed E-state index contributed by atoms with van der Waals surface area (Å²) in [5.74, 6) is 0.709.